The summed E-state index contributed by atoms with van der Waals surface area (Å²) in [5.41, 5.74) is 7.58. The van der Waals surface area contributed by atoms with Gasteiger partial charge in [0.1, 0.15) is 10.9 Å². The van der Waals surface area contributed by atoms with Crippen LogP contribution in [0.4, 0.5) is 10.8 Å². The second-order valence-corrected chi connectivity index (χ2v) is 8.14. The first-order valence-electron chi connectivity index (χ1n) is 9.56. The fraction of sp³-hybridized carbons (Fsp3) is 0.350. The van der Waals surface area contributed by atoms with Crippen molar-refractivity contribution in [3.8, 4) is 0 Å². The van der Waals surface area contributed by atoms with Crippen LogP contribution in [0.25, 0.3) is 0 Å². The van der Waals surface area contributed by atoms with E-state index in [9.17, 15) is 14.4 Å². The van der Waals surface area contributed by atoms with Crippen molar-refractivity contribution in [2.45, 2.75) is 32.7 Å². The lowest BCUT2D eigenvalue weighted by atomic mass is 10.1. The van der Waals surface area contributed by atoms with Crippen molar-refractivity contribution in [2.24, 2.45) is 5.73 Å². The lowest BCUT2D eigenvalue weighted by molar-refractivity contribution is -0.130. The van der Waals surface area contributed by atoms with Crippen LogP contribution in [0.3, 0.4) is 0 Å². The van der Waals surface area contributed by atoms with Gasteiger partial charge in [-0.3, -0.25) is 19.8 Å². The van der Waals surface area contributed by atoms with Gasteiger partial charge in [0.2, 0.25) is 11.8 Å². The number of amides is 3. The van der Waals surface area contributed by atoms with Crippen molar-refractivity contribution in [2.75, 3.05) is 24.7 Å². The van der Waals surface area contributed by atoms with Crippen LogP contribution in [-0.4, -0.2) is 53.7 Å². The van der Waals surface area contributed by atoms with Gasteiger partial charge in [-0.15, -0.1) is 12.4 Å². The Balaban J connectivity index is 0.00000512. The molecule has 10 nitrogen and oxygen atoms in total. The molecule has 0 aliphatic rings. The second-order valence-electron chi connectivity index (χ2n) is 7.14. The number of nitrogens with two attached hydrogens (primary N) is 1. The van der Waals surface area contributed by atoms with E-state index in [1.165, 1.54) is 11.8 Å². The maximum absolute atomic E-state index is 12.8. The molecule has 3 amide bonds. The summed E-state index contributed by atoms with van der Waals surface area (Å²) in [5.74, 6) is -1.05. The van der Waals surface area contributed by atoms with Crippen molar-refractivity contribution < 1.29 is 14.4 Å². The zero-order valence-electron chi connectivity index (χ0n) is 18.3. The number of thiazole rings is 1. The van der Waals surface area contributed by atoms with Crippen molar-refractivity contribution in [1.82, 2.24) is 15.2 Å². The molecule has 1 aromatic carbocycles. The molecule has 1 aromatic heterocycles. The number of benzene rings is 1. The van der Waals surface area contributed by atoms with Gasteiger partial charge in [-0.05, 0) is 37.5 Å². The number of carbonyl (C=O) groups excluding carboxylic acids is 3. The lowest BCUT2D eigenvalue weighted by Crippen LogP contribution is -2.44. The Morgan fingerprint density at radius 2 is 1.78 bits per heavy atom. The zero-order chi connectivity index (χ0) is 23.1. The SMILES string of the molecule is CC(=O)Nc1nc(CCc2ccc(NC(=N)N)cc2)c(C(=O)N[C@@H](C)C(=O)N(C)C)s1.Cl. The summed E-state index contributed by atoms with van der Waals surface area (Å²) in [6.45, 7) is 2.99. The first-order chi connectivity index (χ1) is 14.6. The Labute approximate surface area is 196 Å². The molecule has 12 heteroatoms. The van der Waals surface area contributed by atoms with Gasteiger partial charge < -0.3 is 26.6 Å². The summed E-state index contributed by atoms with van der Waals surface area (Å²) >= 11 is 1.07. The van der Waals surface area contributed by atoms with Gasteiger partial charge in [0.25, 0.3) is 5.91 Å². The molecule has 6 N–H and O–H groups in total. The fourth-order valence-electron chi connectivity index (χ4n) is 2.79. The van der Waals surface area contributed by atoms with Gasteiger partial charge in [-0.1, -0.05) is 23.5 Å². The van der Waals surface area contributed by atoms with Crippen LogP contribution < -0.4 is 21.7 Å². The molecule has 32 heavy (non-hydrogen) atoms. The molecule has 0 aliphatic carbocycles. The average Bonchev–Trinajstić information content (AvgIpc) is 3.08. The molecule has 0 saturated carbocycles. The number of guanidine groups is 1. The van der Waals surface area contributed by atoms with E-state index in [0.717, 1.165) is 16.9 Å². The Hall–Kier alpha value is -3.18. The van der Waals surface area contributed by atoms with Crippen molar-refractivity contribution >= 4 is 58.2 Å². The number of likely N-dealkylation sites (N-methyl/N-ethyl adjacent to an activating group) is 1. The number of aromatic nitrogens is 1. The first-order valence-corrected chi connectivity index (χ1v) is 10.4. The van der Waals surface area contributed by atoms with Crippen molar-refractivity contribution in [3.63, 3.8) is 0 Å². The molecule has 0 aliphatic heterocycles. The van der Waals surface area contributed by atoms with E-state index in [4.69, 9.17) is 11.1 Å². The third-order valence-electron chi connectivity index (χ3n) is 4.23. The molecule has 0 bridgehead atoms. The van der Waals surface area contributed by atoms with Gasteiger partial charge in [0.15, 0.2) is 11.1 Å². The number of anilines is 2. The minimum Gasteiger partial charge on any atom is -0.370 e. The van der Waals surface area contributed by atoms with Gasteiger partial charge >= 0.3 is 0 Å². The number of nitrogens with one attached hydrogen (secondary N) is 4. The highest BCUT2D eigenvalue weighted by molar-refractivity contribution is 7.17. The van der Waals surface area contributed by atoms with Crippen LogP contribution in [-0.2, 0) is 22.4 Å². The van der Waals surface area contributed by atoms with E-state index in [0.29, 0.717) is 34.2 Å². The van der Waals surface area contributed by atoms with Crippen LogP contribution in [0.5, 0.6) is 0 Å². The Morgan fingerprint density at radius 3 is 2.31 bits per heavy atom. The molecule has 1 atom stereocenters. The van der Waals surface area contributed by atoms with E-state index in [1.54, 1.807) is 21.0 Å². The quantitative estimate of drug-likeness (QED) is 0.286. The fourth-order valence-corrected chi connectivity index (χ4v) is 3.75. The largest absolute Gasteiger partial charge is 0.370 e. The van der Waals surface area contributed by atoms with Gasteiger partial charge in [0, 0.05) is 26.7 Å². The average molecular weight is 482 g/mol. The molecule has 0 spiro atoms. The minimum absolute atomic E-state index is 0. The number of carbonyl (C=O) groups is 3. The van der Waals surface area contributed by atoms with Gasteiger partial charge in [0.05, 0.1) is 5.69 Å². The summed E-state index contributed by atoms with van der Waals surface area (Å²) in [5, 5.41) is 15.6. The molecule has 1 heterocycles. The first kappa shape index (κ1) is 26.9. The topological polar surface area (TPSA) is 153 Å². The minimum atomic E-state index is -0.692. The third-order valence-corrected chi connectivity index (χ3v) is 5.24. The number of hydrogen-bond donors (Lipinski definition) is 5. The van der Waals surface area contributed by atoms with E-state index in [-0.39, 0.29) is 30.2 Å². The number of halogens is 1. The number of rotatable bonds is 8. The number of aryl methyl sites for hydroxylation is 2. The molecule has 2 aromatic rings. The maximum atomic E-state index is 12.8. The molecular weight excluding hydrogens is 454 g/mol. The normalized spacial score (nSPS) is 11.0. The van der Waals surface area contributed by atoms with Crippen molar-refractivity contribution in [1.29, 1.82) is 5.41 Å². The van der Waals surface area contributed by atoms with E-state index >= 15 is 0 Å². The lowest BCUT2D eigenvalue weighted by Gasteiger charge is -2.17. The Kier molecular flexibility index (Phi) is 10.1. The van der Waals surface area contributed by atoms with Crippen LogP contribution in [0, 0.1) is 5.41 Å². The smallest absolute Gasteiger partial charge is 0.264 e. The van der Waals surface area contributed by atoms with Gasteiger partial charge in [-0.2, -0.15) is 0 Å². The highest BCUT2D eigenvalue weighted by atomic mass is 35.5. The summed E-state index contributed by atoms with van der Waals surface area (Å²) < 4.78 is 0. The van der Waals surface area contributed by atoms with E-state index < -0.39 is 11.9 Å². The second kappa shape index (κ2) is 12.0. The van der Waals surface area contributed by atoms with Crippen LogP contribution in [0.2, 0.25) is 0 Å². The van der Waals surface area contributed by atoms with E-state index in [2.05, 4.69) is 20.9 Å². The molecule has 0 saturated heterocycles. The monoisotopic (exact) mass is 481 g/mol. The number of hydrogen-bond acceptors (Lipinski definition) is 6. The zero-order valence-corrected chi connectivity index (χ0v) is 19.9. The van der Waals surface area contributed by atoms with E-state index in [1.807, 2.05) is 24.3 Å². The summed E-state index contributed by atoms with van der Waals surface area (Å²) in [4.78, 5) is 42.4. The molecular formula is C20H28ClN7O3S. The molecule has 0 radical (unpaired) electrons. The summed E-state index contributed by atoms with van der Waals surface area (Å²) in [6, 6.07) is 6.71. The molecule has 0 unspecified atom stereocenters. The van der Waals surface area contributed by atoms with Crippen LogP contribution in [0.1, 0.15) is 34.8 Å². The Bertz CT molecular complexity index is 976. The van der Waals surface area contributed by atoms with Crippen LogP contribution in [0.15, 0.2) is 24.3 Å². The number of nitrogens with zero attached hydrogens (tertiary/aromatic N) is 2. The van der Waals surface area contributed by atoms with Crippen LogP contribution >= 0.6 is 23.7 Å². The predicted octanol–water partition coefficient (Wildman–Crippen LogP) is 1.82. The highest BCUT2D eigenvalue weighted by Crippen LogP contribution is 2.25. The molecule has 174 valence electrons. The molecule has 0 fully saturated rings. The summed E-state index contributed by atoms with van der Waals surface area (Å²) in [6.07, 6.45) is 1.07. The standard InChI is InChI=1S/C20H27N7O3S.ClH/c1-11(18(30)27(3)4)23-17(29)16-15(26-20(31-16)24-12(2)28)10-7-13-5-8-14(9-6-13)25-19(21)22;/h5-6,8-9,11H,7,10H2,1-4H3,(H,23,29)(H4,21,22,25)(H,24,26,28);1H/t11-;/m0./s1. The highest BCUT2D eigenvalue weighted by Gasteiger charge is 2.23. The third kappa shape index (κ3) is 7.82. The predicted molar refractivity (Wildman–Crippen MR) is 129 cm³/mol. The Morgan fingerprint density at radius 1 is 1.16 bits per heavy atom. The molecule has 2 rings (SSSR count). The van der Waals surface area contributed by atoms with Gasteiger partial charge in [-0.25, -0.2) is 4.98 Å². The van der Waals surface area contributed by atoms with Crippen molar-refractivity contribution in [3.05, 3.63) is 40.4 Å². The summed E-state index contributed by atoms with van der Waals surface area (Å²) in [7, 11) is 3.24. The maximum Gasteiger partial charge on any atom is 0.264 e.